The van der Waals surface area contributed by atoms with E-state index in [1.165, 1.54) is 32.1 Å². The van der Waals surface area contributed by atoms with Crippen LogP contribution in [0.5, 0.6) is 0 Å². The van der Waals surface area contributed by atoms with Crippen LogP contribution >= 0.6 is 0 Å². The van der Waals surface area contributed by atoms with Gasteiger partial charge < -0.3 is 0 Å². The van der Waals surface area contributed by atoms with Gasteiger partial charge in [0.1, 0.15) is 0 Å². The van der Waals surface area contributed by atoms with Crippen LogP contribution in [0.4, 0.5) is 0 Å². The van der Waals surface area contributed by atoms with E-state index in [9.17, 15) is 0 Å². The second-order valence-electron chi connectivity index (χ2n) is 3.93. The van der Waals surface area contributed by atoms with Crippen LogP contribution in [0, 0.1) is 5.92 Å². The Kier molecular flexibility index (Phi) is 4.13. The fourth-order valence-electron chi connectivity index (χ4n) is 2.04. The highest BCUT2D eigenvalue weighted by molar-refractivity contribution is 5.02. The van der Waals surface area contributed by atoms with Crippen molar-refractivity contribution in [3.8, 4) is 0 Å². The fraction of sp³-hybridized carbons (Fsp3) is 0.667. The average molecular weight is 164 g/mol. The first-order valence-corrected chi connectivity index (χ1v) is 5.09. The summed E-state index contributed by atoms with van der Waals surface area (Å²) in [4.78, 5) is 0. The van der Waals surface area contributed by atoms with Crippen molar-refractivity contribution in [3.63, 3.8) is 0 Å². The SMILES string of the molecule is C=CC/C=C(\C)CC1CCCC1. The molecule has 12 heavy (non-hydrogen) atoms. The number of hydrogen-bond acceptors (Lipinski definition) is 0. The Morgan fingerprint density at radius 1 is 1.42 bits per heavy atom. The molecular weight excluding hydrogens is 144 g/mol. The van der Waals surface area contributed by atoms with E-state index >= 15 is 0 Å². The van der Waals surface area contributed by atoms with Crippen molar-refractivity contribution < 1.29 is 0 Å². The molecule has 0 aromatic heterocycles. The summed E-state index contributed by atoms with van der Waals surface area (Å²) in [5, 5.41) is 0. The highest BCUT2D eigenvalue weighted by Gasteiger charge is 2.14. The molecule has 0 saturated heterocycles. The fourth-order valence-corrected chi connectivity index (χ4v) is 2.04. The summed E-state index contributed by atoms with van der Waals surface area (Å²) in [6.07, 6.45) is 12.5. The van der Waals surface area contributed by atoms with Gasteiger partial charge in [0.25, 0.3) is 0 Å². The predicted molar refractivity (Wildman–Crippen MR) is 55.1 cm³/mol. The molecule has 0 bridgehead atoms. The summed E-state index contributed by atoms with van der Waals surface area (Å²) in [7, 11) is 0. The van der Waals surface area contributed by atoms with Crippen LogP contribution in [0.25, 0.3) is 0 Å². The Balaban J connectivity index is 2.23. The summed E-state index contributed by atoms with van der Waals surface area (Å²) in [5.74, 6) is 0.992. The molecule has 0 N–H and O–H groups in total. The Morgan fingerprint density at radius 2 is 2.08 bits per heavy atom. The molecule has 1 aliphatic carbocycles. The van der Waals surface area contributed by atoms with Gasteiger partial charge in [-0.2, -0.15) is 0 Å². The molecule has 1 saturated carbocycles. The molecule has 0 heteroatoms. The van der Waals surface area contributed by atoms with Crippen LogP contribution in [-0.4, -0.2) is 0 Å². The minimum Gasteiger partial charge on any atom is -0.103 e. The van der Waals surface area contributed by atoms with Gasteiger partial charge in [0.15, 0.2) is 0 Å². The number of allylic oxidation sites excluding steroid dienone is 3. The van der Waals surface area contributed by atoms with Gasteiger partial charge in [0, 0.05) is 0 Å². The Hall–Kier alpha value is -0.520. The Labute approximate surface area is 76.4 Å². The Bertz CT molecular complexity index is 159. The highest BCUT2D eigenvalue weighted by Crippen LogP contribution is 2.29. The summed E-state index contributed by atoms with van der Waals surface area (Å²) in [5.41, 5.74) is 1.56. The van der Waals surface area contributed by atoms with Gasteiger partial charge in [0.2, 0.25) is 0 Å². The van der Waals surface area contributed by atoms with Crippen molar-refractivity contribution in [3.05, 3.63) is 24.3 Å². The van der Waals surface area contributed by atoms with E-state index in [1.54, 1.807) is 5.57 Å². The maximum absolute atomic E-state index is 3.72. The minimum atomic E-state index is 0.992. The average Bonchev–Trinajstić information content (AvgIpc) is 2.53. The van der Waals surface area contributed by atoms with Crippen LogP contribution in [0.1, 0.15) is 45.4 Å². The van der Waals surface area contributed by atoms with E-state index in [0.29, 0.717) is 0 Å². The summed E-state index contributed by atoms with van der Waals surface area (Å²) in [6.45, 7) is 5.97. The molecule has 0 aromatic carbocycles. The van der Waals surface area contributed by atoms with E-state index in [4.69, 9.17) is 0 Å². The second-order valence-corrected chi connectivity index (χ2v) is 3.93. The summed E-state index contributed by atoms with van der Waals surface area (Å²) >= 11 is 0. The molecule has 0 heterocycles. The quantitative estimate of drug-likeness (QED) is 0.549. The van der Waals surface area contributed by atoms with Gasteiger partial charge in [-0.15, -0.1) is 6.58 Å². The zero-order chi connectivity index (χ0) is 8.81. The molecule has 0 aromatic rings. The van der Waals surface area contributed by atoms with Crippen LogP contribution in [-0.2, 0) is 0 Å². The van der Waals surface area contributed by atoms with Gasteiger partial charge in [-0.25, -0.2) is 0 Å². The molecule has 1 fully saturated rings. The second kappa shape index (κ2) is 5.18. The maximum atomic E-state index is 3.72. The lowest BCUT2D eigenvalue weighted by molar-refractivity contribution is 0.543. The van der Waals surface area contributed by atoms with Crippen molar-refractivity contribution in [2.24, 2.45) is 5.92 Å². The number of rotatable bonds is 4. The van der Waals surface area contributed by atoms with Crippen LogP contribution < -0.4 is 0 Å². The van der Waals surface area contributed by atoms with Crippen molar-refractivity contribution in [1.29, 1.82) is 0 Å². The van der Waals surface area contributed by atoms with Crippen molar-refractivity contribution in [2.75, 3.05) is 0 Å². The third-order valence-electron chi connectivity index (χ3n) is 2.72. The molecular formula is C12H20. The lowest BCUT2D eigenvalue weighted by atomic mass is 9.98. The first kappa shape index (κ1) is 9.57. The zero-order valence-corrected chi connectivity index (χ0v) is 8.18. The standard InChI is InChI=1S/C12H20/c1-3-4-7-11(2)10-12-8-5-6-9-12/h3,7,12H,1,4-6,8-10H2,2H3/b11-7+. The third-order valence-corrected chi connectivity index (χ3v) is 2.72. The number of hydrogen-bond donors (Lipinski definition) is 0. The van der Waals surface area contributed by atoms with Gasteiger partial charge in [-0.05, 0) is 25.7 Å². The molecule has 0 aliphatic heterocycles. The molecule has 68 valence electrons. The van der Waals surface area contributed by atoms with E-state index < -0.39 is 0 Å². The van der Waals surface area contributed by atoms with Gasteiger partial charge >= 0.3 is 0 Å². The molecule has 1 rings (SSSR count). The molecule has 1 aliphatic rings. The van der Waals surface area contributed by atoms with E-state index in [2.05, 4.69) is 19.6 Å². The summed E-state index contributed by atoms with van der Waals surface area (Å²) in [6, 6.07) is 0. The van der Waals surface area contributed by atoms with Gasteiger partial charge in [-0.3, -0.25) is 0 Å². The van der Waals surface area contributed by atoms with Gasteiger partial charge in [-0.1, -0.05) is 43.4 Å². The third kappa shape index (κ3) is 3.25. The van der Waals surface area contributed by atoms with E-state index in [1.807, 2.05) is 6.08 Å². The van der Waals surface area contributed by atoms with Crippen LogP contribution in [0.3, 0.4) is 0 Å². The zero-order valence-electron chi connectivity index (χ0n) is 8.18. The lowest BCUT2D eigenvalue weighted by Gasteiger charge is -2.08. The highest BCUT2D eigenvalue weighted by atomic mass is 14.2. The Morgan fingerprint density at radius 3 is 2.67 bits per heavy atom. The summed E-state index contributed by atoms with van der Waals surface area (Å²) < 4.78 is 0. The minimum absolute atomic E-state index is 0.992. The maximum Gasteiger partial charge on any atom is -0.0169 e. The molecule has 0 radical (unpaired) electrons. The largest absolute Gasteiger partial charge is 0.103 e. The smallest absolute Gasteiger partial charge is 0.0169 e. The molecule has 0 amide bonds. The van der Waals surface area contributed by atoms with Crippen LogP contribution in [0.2, 0.25) is 0 Å². The van der Waals surface area contributed by atoms with Gasteiger partial charge in [0.05, 0.1) is 0 Å². The molecule has 0 unspecified atom stereocenters. The normalized spacial score (nSPS) is 19.9. The molecule has 0 atom stereocenters. The lowest BCUT2D eigenvalue weighted by Crippen LogP contribution is -1.93. The van der Waals surface area contributed by atoms with Crippen molar-refractivity contribution >= 4 is 0 Å². The van der Waals surface area contributed by atoms with E-state index in [0.717, 1.165) is 12.3 Å². The predicted octanol–water partition coefficient (Wildman–Crippen LogP) is 4.09. The van der Waals surface area contributed by atoms with Crippen LogP contribution in [0.15, 0.2) is 24.3 Å². The molecule has 0 nitrogen and oxygen atoms in total. The first-order chi connectivity index (χ1) is 5.83. The van der Waals surface area contributed by atoms with Crippen molar-refractivity contribution in [1.82, 2.24) is 0 Å². The van der Waals surface area contributed by atoms with E-state index in [-0.39, 0.29) is 0 Å². The first-order valence-electron chi connectivity index (χ1n) is 5.09. The molecule has 0 spiro atoms. The van der Waals surface area contributed by atoms with Crippen molar-refractivity contribution in [2.45, 2.75) is 45.4 Å². The monoisotopic (exact) mass is 164 g/mol. The topological polar surface area (TPSA) is 0 Å².